The number of benzene rings is 2. The van der Waals surface area contributed by atoms with Crippen LogP contribution in [0.4, 0.5) is 11.4 Å². The summed E-state index contributed by atoms with van der Waals surface area (Å²) in [6.07, 6.45) is 3.06. The predicted molar refractivity (Wildman–Crippen MR) is 106 cm³/mol. The van der Waals surface area contributed by atoms with Gasteiger partial charge >= 0.3 is 0 Å². The molecule has 2 N–H and O–H groups in total. The Labute approximate surface area is 163 Å². The second-order valence-corrected chi connectivity index (χ2v) is 7.77. The minimum atomic E-state index is -3.76. The zero-order valence-electron chi connectivity index (χ0n) is 15.4. The van der Waals surface area contributed by atoms with E-state index in [-0.39, 0.29) is 10.8 Å². The van der Waals surface area contributed by atoms with Gasteiger partial charge < -0.3 is 10.1 Å². The summed E-state index contributed by atoms with van der Waals surface area (Å²) < 4.78 is 34.4. The monoisotopic (exact) mass is 400 g/mol. The van der Waals surface area contributed by atoms with E-state index in [1.54, 1.807) is 18.0 Å². The second-order valence-electron chi connectivity index (χ2n) is 6.09. The van der Waals surface area contributed by atoms with Gasteiger partial charge in [0.2, 0.25) is 5.91 Å². The van der Waals surface area contributed by atoms with Crippen molar-refractivity contribution in [3.05, 3.63) is 66.5 Å². The first kappa shape index (κ1) is 19.4. The highest BCUT2D eigenvalue weighted by Gasteiger charge is 2.15. The van der Waals surface area contributed by atoms with Gasteiger partial charge in [-0.3, -0.25) is 14.2 Å². The summed E-state index contributed by atoms with van der Waals surface area (Å²) in [6.45, 7) is 1.86. The minimum Gasteiger partial charge on any atom is -0.497 e. The van der Waals surface area contributed by atoms with Crippen molar-refractivity contribution < 1.29 is 17.9 Å². The van der Waals surface area contributed by atoms with Crippen LogP contribution in [0.25, 0.3) is 0 Å². The maximum absolute atomic E-state index is 12.5. The van der Waals surface area contributed by atoms with Crippen molar-refractivity contribution in [3.63, 3.8) is 0 Å². The van der Waals surface area contributed by atoms with Crippen molar-refractivity contribution in [2.45, 2.75) is 18.4 Å². The van der Waals surface area contributed by atoms with Crippen molar-refractivity contribution in [1.82, 2.24) is 9.78 Å². The highest BCUT2D eigenvalue weighted by Crippen LogP contribution is 2.19. The quantitative estimate of drug-likeness (QED) is 0.635. The van der Waals surface area contributed by atoms with E-state index >= 15 is 0 Å². The Morgan fingerprint density at radius 1 is 1.14 bits per heavy atom. The minimum absolute atomic E-state index is 0.0853. The molecule has 0 spiro atoms. The van der Waals surface area contributed by atoms with Crippen LogP contribution in [-0.4, -0.2) is 31.2 Å². The predicted octanol–water partition coefficient (Wildman–Crippen LogP) is 2.70. The van der Waals surface area contributed by atoms with Crippen molar-refractivity contribution in [1.29, 1.82) is 0 Å². The van der Waals surface area contributed by atoms with Crippen LogP contribution in [0, 0.1) is 0 Å². The van der Waals surface area contributed by atoms with Crippen molar-refractivity contribution in [3.8, 4) is 5.75 Å². The van der Waals surface area contributed by atoms with E-state index in [0.717, 1.165) is 11.3 Å². The van der Waals surface area contributed by atoms with E-state index in [1.165, 1.54) is 37.4 Å². The summed E-state index contributed by atoms with van der Waals surface area (Å²) in [5.41, 5.74) is 1.86. The Bertz CT molecular complexity index is 1080. The number of anilines is 2. The average molecular weight is 400 g/mol. The number of sulfonamides is 1. The van der Waals surface area contributed by atoms with Gasteiger partial charge in [0.05, 0.1) is 30.4 Å². The topological polar surface area (TPSA) is 102 Å². The van der Waals surface area contributed by atoms with E-state index < -0.39 is 10.0 Å². The van der Waals surface area contributed by atoms with Crippen LogP contribution in [0.3, 0.4) is 0 Å². The van der Waals surface area contributed by atoms with E-state index in [2.05, 4.69) is 15.1 Å². The number of nitrogens with one attached hydrogen (secondary N) is 2. The molecule has 28 heavy (non-hydrogen) atoms. The molecule has 0 atom stereocenters. The third-order valence-corrected chi connectivity index (χ3v) is 5.25. The molecule has 146 valence electrons. The zero-order valence-corrected chi connectivity index (χ0v) is 16.2. The number of hydrogen-bond donors (Lipinski definition) is 2. The number of nitrogens with zero attached hydrogens (tertiary/aromatic N) is 2. The smallest absolute Gasteiger partial charge is 0.261 e. The SMILES string of the molecule is COc1cccc(Cn2cc(NS(=O)(=O)c3ccc(NC(C)=O)cc3)cn2)c1. The maximum Gasteiger partial charge on any atom is 0.261 e. The van der Waals surface area contributed by atoms with E-state index in [9.17, 15) is 13.2 Å². The fourth-order valence-corrected chi connectivity index (χ4v) is 3.62. The highest BCUT2D eigenvalue weighted by molar-refractivity contribution is 7.92. The lowest BCUT2D eigenvalue weighted by atomic mass is 10.2. The summed E-state index contributed by atoms with van der Waals surface area (Å²) in [5.74, 6) is 0.519. The van der Waals surface area contributed by atoms with Gasteiger partial charge in [-0.05, 0) is 42.0 Å². The molecular formula is C19H20N4O4S. The van der Waals surface area contributed by atoms with Gasteiger partial charge in [0.1, 0.15) is 5.75 Å². The van der Waals surface area contributed by atoms with Crippen LogP contribution < -0.4 is 14.8 Å². The lowest BCUT2D eigenvalue weighted by Gasteiger charge is -2.07. The van der Waals surface area contributed by atoms with Gasteiger partial charge in [-0.2, -0.15) is 5.10 Å². The third kappa shape index (κ3) is 4.89. The first-order chi connectivity index (χ1) is 13.4. The summed E-state index contributed by atoms with van der Waals surface area (Å²) in [7, 11) is -2.16. The molecule has 1 amide bonds. The molecule has 0 bridgehead atoms. The molecule has 1 aromatic heterocycles. The molecule has 8 nitrogen and oxygen atoms in total. The summed E-state index contributed by atoms with van der Waals surface area (Å²) >= 11 is 0. The lowest BCUT2D eigenvalue weighted by Crippen LogP contribution is -2.13. The third-order valence-electron chi connectivity index (χ3n) is 3.85. The highest BCUT2D eigenvalue weighted by atomic mass is 32.2. The second kappa shape index (κ2) is 8.13. The molecule has 0 fully saturated rings. The van der Waals surface area contributed by atoms with E-state index in [0.29, 0.717) is 17.9 Å². The van der Waals surface area contributed by atoms with Crippen LogP contribution in [0.5, 0.6) is 5.75 Å². The van der Waals surface area contributed by atoms with Crippen LogP contribution in [0.15, 0.2) is 65.8 Å². The molecule has 0 aliphatic heterocycles. The fourth-order valence-electron chi connectivity index (χ4n) is 2.60. The number of aromatic nitrogens is 2. The normalized spacial score (nSPS) is 11.1. The van der Waals surface area contributed by atoms with Crippen LogP contribution in [0.1, 0.15) is 12.5 Å². The zero-order chi connectivity index (χ0) is 20.1. The number of carbonyl (C=O) groups excluding carboxylic acids is 1. The molecule has 0 aliphatic carbocycles. The van der Waals surface area contributed by atoms with Crippen molar-refractivity contribution >= 4 is 27.3 Å². The maximum atomic E-state index is 12.5. The molecule has 9 heteroatoms. The number of hydrogen-bond acceptors (Lipinski definition) is 5. The van der Waals surface area contributed by atoms with Gasteiger partial charge in [0.15, 0.2) is 0 Å². The van der Waals surface area contributed by atoms with Gasteiger partial charge in [0.25, 0.3) is 10.0 Å². The Morgan fingerprint density at radius 3 is 2.57 bits per heavy atom. The molecule has 1 heterocycles. The lowest BCUT2D eigenvalue weighted by molar-refractivity contribution is -0.114. The molecule has 2 aromatic carbocycles. The molecule has 0 aliphatic rings. The number of ether oxygens (including phenoxy) is 1. The van der Waals surface area contributed by atoms with E-state index in [4.69, 9.17) is 4.74 Å². The molecule has 0 unspecified atom stereocenters. The number of rotatable bonds is 7. The standard InChI is InChI=1S/C19H20N4O4S/c1-14(24)21-16-6-8-19(9-7-16)28(25,26)22-17-11-20-23(13-17)12-15-4-3-5-18(10-15)27-2/h3-11,13,22H,12H2,1-2H3,(H,21,24). The summed E-state index contributed by atoms with van der Waals surface area (Å²) in [6, 6.07) is 13.5. The van der Waals surface area contributed by atoms with Crippen LogP contribution in [-0.2, 0) is 21.4 Å². The fraction of sp³-hybridized carbons (Fsp3) is 0.158. The summed E-state index contributed by atoms with van der Waals surface area (Å²) in [4.78, 5) is 11.1. The number of amides is 1. The van der Waals surface area contributed by atoms with Gasteiger partial charge in [-0.25, -0.2) is 8.42 Å². The Kier molecular flexibility index (Phi) is 5.65. The van der Waals surface area contributed by atoms with Crippen molar-refractivity contribution in [2.75, 3.05) is 17.1 Å². The molecule has 3 aromatic rings. The molecule has 0 saturated heterocycles. The first-order valence-corrected chi connectivity index (χ1v) is 9.90. The molecule has 3 rings (SSSR count). The van der Waals surface area contributed by atoms with Crippen LogP contribution in [0.2, 0.25) is 0 Å². The van der Waals surface area contributed by atoms with Crippen molar-refractivity contribution in [2.24, 2.45) is 0 Å². The molecular weight excluding hydrogens is 380 g/mol. The Hall–Kier alpha value is -3.33. The molecule has 0 radical (unpaired) electrons. The molecule has 0 saturated carbocycles. The first-order valence-electron chi connectivity index (χ1n) is 8.41. The number of carbonyl (C=O) groups is 1. The largest absolute Gasteiger partial charge is 0.497 e. The van der Waals surface area contributed by atoms with Gasteiger partial charge in [-0.15, -0.1) is 0 Å². The Balaban J connectivity index is 1.70. The Morgan fingerprint density at radius 2 is 1.89 bits per heavy atom. The van der Waals surface area contributed by atoms with Gasteiger partial charge in [-0.1, -0.05) is 12.1 Å². The summed E-state index contributed by atoms with van der Waals surface area (Å²) in [5, 5.41) is 6.78. The number of methoxy groups -OCH3 is 1. The van der Waals surface area contributed by atoms with Gasteiger partial charge in [0, 0.05) is 18.8 Å². The van der Waals surface area contributed by atoms with E-state index in [1.807, 2.05) is 24.3 Å². The van der Waals surface area contributed by atoms with Crippen LogP contribution >= 0.6 is 0 Å². The average Bonchev–Trinajstić information content (AvgIpc) is 3.08.